The smallest absolute Gasteiger partial charge is 0.134 e. The van der Waals surface area contributed by atoms with Gasteiger partial charge in [-0.25, -0.2) is 8.78 Å². The molecular weight excluding hydrogens is 332 g/mol. The van der Waals surface area contributed by atoms with Gasteiger partial charge in [0, 0.05) is 41.9 Å². The maximum absolute atomic E-state index is 14.2. The molecule has 3 nitrogen and oxygen atoms in total. The van der Waals surface area contributed by atoms with Crippen LogP contribution >= 0.6 is 0 Å². The minimum Gasteiger partial charge on any atom is -0.302 e. The van der Waals surface area contributed by atoms with E-state index in [0.717, 1.165) is 55.7 Å². The van der Waals surface area contributed by atoms with E-state index >= 15 is 0 Å². The van der Waals surface area contributed by atoms with Crippen LogP contribution in [-0.2, 0) is 0 Å². The van der Waals surface area contributed by atoms with Gasteiger partial charge >= 0.3 is 0 Å². The summed E-state index contributed by atoms with van der Waals surface area (Å²) in [6.07, 6.45) is 12.1. The molecule has 2 heterocycles. The van der Waals surface area contributed by atoms with Crippen molar-refractivity contribution in [2.24, 2.45) is 5.92 Å². The Morgan fingerprint density at radius 2 is 2.08 bits per heavy atom. The molecule has 0 bridgehead atoms. The Kier molecular flexibility index (Phi) is 5.16. The lowest BCUT2D eigenvalue weighted by molar-refractivity contribution is 0.173. The minimum absolute atomic E-state index is 0.310. The maximum Gasteiger partial charge on any atom is 0.134 e. The summed E-state index contributed by atoms with van der Waals surface area (Å²) in [5.41, 5.74) is 2.16. The van der Waals surface area contributed by atoms with Gasteiger partial charge in [0.2, 0.25) is 0 Å². The summed E-state index contributed by atoms with van der Waals surface area (Å²) in [5, 5.41) is 7.26. The van der Waals surface area contributed by atoms with Gasteiger partial charge < -0.3 is 4.90 Å². The molecule has 1 aromatic heterocycles. The summed E-state index contributed by atoms with van der Waals surface area (Å²) < 4.78 is 27.5. The molecule has 1 saturated heterocycles. The number of halogens is 2. The van der Waals surface area contributed by atoms with E-state index in [9.17, 15) is 8.78 Å². The lowest BCUT2D eigenvalue weighted by Gasteiger charge is -2.35. The highest BCUT2D eigenvalue weighted by Gasteiger charge is 2.27. The first-order chi connectivity index (χ1) is 12.7. The van der Waals surface area contributed by atoms with Gasteiger partial charge in [0.1, 0.15) is 11.6 Å². The molecule has 1 aliphatic carbocycles. The molecule has 138 valence electrons. The van der Waals surface area contributed by atoms with Crippen LogP contribution < -0.4 is 0 Å². The second-order valence-electron chi connectivity index (χ2n) is 7.57. The number of hydrogen-bond donors (Lipinski definition) is 1. The Morgan fingerprint density at radius 3 is 2.88 bits per heavy atom. The van der Waals surface area contributed by atoms with Gasteiger partial charge in [-0.3, -0.25) is 5.10 Å². The van der Waals surface area contributed by atoms with Crippen molar-refractivity contribution in [1.29, 1.82) is 0 Å². The zero-order valence-corrected chi connectivity index (χ0v) is 14.9. The van der Waals surface area contributed by atoms with Crippen LogP contribution in [0.15, 0.2) is 36.5 Å². The van der Waals surface area contributed by atoms with E-state index in [4.69, 9.17) is 0 Å². The Hall–Kier alpha value is -2.01. The highest BCUT2D eigenvalue weighted by atomic mass is 19.1. The lowest BCUT2D eigenvalue weighted by Crippen LogP contribution is -2.38. The highest BCUT2D eigenvalue weighted by molar-refractivity contribution is 5.66. The van der Waals surface area contributed by atoms with E-state index in [-0.39, 0.29) is 0 Å². The second kappa shape index (κ2) is 7.70. The zero-order chi connectivity index (χ0) is 17.9. The summed E-state index contributed by atoms with van der Waals surface area (Å²) in [5.74, 6) is -0.0321. The van der Waals surface area contributed by atoms with Crippen LogP contribution in [0.3, 0.4) is 0 Å². The summed E-state index contributed by atoms with van der Waals surface area (Å²) in [4.78, 5) is 2.55. The molecule has 26 heavy (non-hydrogen) atoms. The number of rotatable bonds is 4. The average molecular weight is 357 g/mol. The predicted molar refractivity (Wildman–Crippen MR) is 98.8 cm³/mol. The first-order valence-corrected chi connectivity index (χ1v) is 9.56. The fraction of sp³-hybridized carbons (Fsp3) is 0.476. The predicted octanol–water partition coefficient (Wildman–Crippen LogP) is 4.89. The standard InChI is InChI=1S/C21H25F2N3/c22-17-8-9-18(20(23)11-17)19-12-24-25-21(19)16-7-4-10-26(14-16)13-15-5-2-1-3-6-15/h1-2,8-9,11-12,15-16H,3-7,10,13-14H2,(H,24,25)/t15-,16+/m1/s1. The van der Waals surface area contributed by atoms with Crippen LogP contribution in [0.5, 0.6) is 0 Å². The number of aromatic nitrogens is 2. The first kappa shape index (κ1) is 17.4. The molecule has 0 amide bonds. The van der Waals surface area contributed by atoms with Gasteiger partial charge in [0.05, 0.1) is 6.20 Å². The van der Waals surface area contributed by atoms with Crippen molar-refractivity contribution in [1.82, 2.24) is 15.1 Å². The largest absolute Gasteiger partial charge is 0.302 e. The first-order valence-electron chi connectivity index (χ1n) is 9.56. The van der Waals surface area contributed by atoms with E-state index in [2.05, 4.69) is 27.2 Å². The number of nitrogens with zero attached hydrogens (tertiary/aromatic N) is 2. The number of aromatic amines is 1. The fourth-order valence-electron chi connectivity index (χ4n) is 4.37. The number of benzene rings is 1. The molecule has 1 aliphatic heterocycles. The van der Waals surface area contributed by atoms with Crippen molar-refractivity contribution < 1.29 is 8.78 Å². The monoisotopic (exact) mass is 357 g/mol. The number of hydrogen-bond acceptors (Lipinski definition) is 2. The number of likely N-dealkylation sites (tertiary alicyclic amines) is 1. The van der Waals surface area contributed by atoms with Gasteiger partial charge in [0.15, 0.2) is 0 Å². The zero-order valence-electron chi connectivity index (χ0n) is 14.9. The molecule has 1 fully saturated rings. The molecule has 0 saturated carbocycles. The van der Waals surface area contributed by atoms with Gasteiger partial charge in [-0.2, -0.15) is 5.10 Å². The lowest BCUT2D eigenvalue weighted by atomic mass is 9.88. The molecule has 2 aliphatic rings. The molecule has 2 atom stereocenters. The van der Waals surface area contributed by atoms with Crippen molar-refractivity contribution in [3.63, 3.8) is 0 Å². The highest BCUT2D eigenvalue weighted by Crippen LogP contribution is 2.35. The van der Waals surface area contributed by atoms with Crippen molar-refractivity contribution in [2.75, 3.05) is 19.6 Å². The summed E-state index contributed by atoms with van der Waals surface area (Å²) in [6, 6.07) is 3.75. The van der Waals surface area contributed by atoms with E-state index in [1.54, 1.807) is 6.20 Å². The van der Waals surface area contributed by atoms with Gasteiger partial charge in [0.25, 0.3) is 0 Å². The number of allylic oxidation sites excluding steroid dienone is 2. The molecule has 0 spiro atoms. The topological polar surface area (TPSA) is 31.9 Å². The molecule has 1 N–H and O–H groups in total. The van der Waals surface area contributed by atoms with Crippen molar-refractivity contribution >= 4 is 0 Å². The SMILES string of the molecule is Fc1ccc(-c2cn[nH]c2[C@H]2CCCN(C[C@@H]3CC=CCC3)C2)c(F)c1. The Labute approximate surface area is 153 Å². The quantitative estimate of drug-likeness (QED) is 0.790. The van der Waals surface area contributed by atoms with E-state index < -0.39 is 11.6 Å². The minimum atomic E-state index is -0.554. The van der Waals surface area contributed by atoms with Crippen LogP contribution in [0, 0.1) is 17.6 Å². The van der Waals surface area contributed by atoms with Crippen LogP contribution in [0.4, 0.5) is 8.78 Å². The van der Waals surface area contributed by atoms with Crippen LogP contribution in [-0.4, -0.2) is 34.7 Å². The average Bonchev–Trinajstić information content (AvgIpc) is 3.12. The van der Waals surface area contributed by atoms with Gasteiger partial charge in [-0.15, -0.1) is 0 Å². The third kappa shape index (κ3) is 3.73. The Morgan fingerprint density at radius 1 is 1.15 bits per heavy atom. The van der Waals surface area contributed by atoms with Gasteiger partial charge in [-0.05, 0) is 56.7 Å². The molecule has 0 unspecified atom stereocenters. The maximum atomic E-state index is 14.2. The number of H-pyrrole nitrogens is 1. The summed E-state index contributed by atoms with van der Waals surface area (Å²) >= 11 is 0. The van der Waals surface area contributed by atoms with E-state index in [1.807, 2.05) is 0 Å². The van der Waals surface area contributed by atoms with Crippen LogP contribution in [0.25, 0.3) is 11.1 Å². The third-order valence-corrected chi connectivity index (χ3v) is 5.70. The fourth-order valence-corrected chi connectivity index (χ4v) is 4.37. The molecule has 0 radical (unpaired) electrons. The number of nitrogens with one attached hydrogen (secondary N) is 1. The Balaban J connectivity index is 1.51. The van der Waals surface area contributed by atoms with Crippen LogP contribution in [0.2, 0.25) is 0 Å². The Bertz CT molecular complexity index is 783. The van der Waals surface area contributed by atoms with Crippen molar-refractivity contribution in [2.45, 2.75) is 38.0 Å². The molecule has 2 aromatic rings. The summed E-state index contributed by atoms with van der Waals surface area (Å²) in [6.45, 7) is 3.23. The van der Waals surface area contributed by atoms with E-state index in [1.165, 1.54) is 31.4 Å². The third-order valence-electron chi connectivity index (χ3n) is 5.70. The molecular formula is C21H25F2N3. The van der Waals surface area contributed by atoms with E-state index in [0.29, 0.717) is 11.5 Å². The number of piperidine rings is 1. The second-order valence-corrected chi connectivity index (χ2v) is 7.57. The van der Waals surface area contributed by atoms with Crippen LogP contribution in [0.1, 0.15) is 43.7 Å². The van der Waals surface area contributed by atoms with Crippen molar-refractivity contribution in [3.8, 4) is 11.1 Å². The van der Waals surface area contributed by atoms with Crippen molar-refractivity contribution in [3.05, 3.63) is 53.9 Å². The molecule has 5 heteroatoms. The molecule has 1 aromatic carbocycles. The summed E-state index contributed by atoms with van der Waals surface area (Å²) in [7, 11) is 0. The molecule has 4 rings (SSSR count). The normalized spacial score (nSPS) is 24.1. The van der Waals surface area contributed by atoms with Gasteiger partial charge in [-0.1, -0.05) is 12.2 Å².